The Labute approximate surface area is 79.9 Å². The Bertz CT molecular complexity index is 315. The largest absolute Gasteiger partial charge is 0.378 e. The highest BCUT2D eigenvalue weighted by Crippen LogP contribution is 2.33. The van der Waals surface area contributed by atoms with Gasteiger partial charge in [-0.3, -0.25) is 0 Å². The minimum atomic E-state index is -1.48. The molecular formula is C8H8ClFN2O. The monoisotopic (exact) mass is 202 g/mol. The van der Waals surface area contributed by atoms with Gasteiger partial charge in [0.05, 0.1) is 18.9 Å². The number of rotatable bonds is 1. The molecular weight excluding hydrogens is 195 g/mol. The minimum absolute atomic E-state index is 0.0559. The van der Waals surface area contributed by atoms with Crippen LogP contribution in [0.1, 0.15) is 12.1 Å². The average molecular weight is 203 g/mol. The molecule has 5 heteroatoms. The lowest BCUT2D eigenvalue weighted by Crippen LogP contribution is -2.21. The van der Waals surface area contributed by atoms with Gasteiger partial charge in [-0.1, -0.05) is 0 Å². The zero-order valence-corrected chi connectivity index (χ0v) is 7.59. The number of nitrogens with zero attached hydrogens (tertiary/aromatic N) is 2. The Balaban J connectivity index is 2.33. The Morgan fingerprint density at radius 3 is 3.08 bits per heavy atom. The van der Waals surface area contributed by atoms with Crippen LogP contribution >= 0.6 is 11.6 Å². The van der Waals surface area contributed by atoms with E-state index in [2.05, 4.69) is 9.97 Å². The third kappa shape index (κ3) is 1.64. The zero-order valence-electron chi connectivity index (χ0n) is 6.83. The Morgan fingerprint density at radius 2 is 2.46 bits per heavy atom. The van der Waals surface area contributed by atoms with E-state index in [1.54, 1.807) is 0 Å². The van der Waals surface area contributed by atoms with Crippen molar-refractivity contribution >= 4 is 11.6 Å². The summed E-state index contributed by atoms with van der Waals surface area (Å²) in [5.74, 6) is 0. The highest BCUT2D eigenvalue weighted by molar-refractivity contribution is 6.28. The molecule has 0 N–H and O–H groups in total. The van der Waals surface area contributed by atoms with E-state index < -0.39 is 5.67 Å². The van der Waals surface area contributed by atoms with E-state index in [9.17, 15) is 4.39 Å². The second-order valence-electron chi connectivity index (χ2n) is 2.98. The first kappa shape index (κ1) is 8.84. The molecule has 1 fully saturated rings. The zero-order chi connectivity index (χ0) is 9.31. The lowest BCUT2D eigenvalue weighted by molar-refractivity contribution is 0.108. The number of halogens is 2. The minimum Gasteiger partial charge on any atom is -0.378 e. The first-order valence-electron chi connectivity index (χ1n) is 3.96. The maximum Gasteiger partial charge on any atom is 0.222 e. The van der Waals surface area contributed by atoms with Gasteiger partial charge >= 0.3 is 0 Å². The van der Waals surface area contributed by atoms with Crippen LogP contribution in [0, 0.1) is 0 Å². The Hall–Kier alpha value is -0.740. The summed E-state index contributed by atoms with van der Waals surface area (Å²) in [5.41, 5.74) is -1.17. The van der Waals surface area contributed by atoms with Crippen molar-refractivity contribution in [3.63, 3.8) is 0 Å². The summed E-state index contributed by atoms with van der Waals surface area (Å²) in [5, 5.41) is 0.0708. The van der Waals surface area contributed by atoms with Crippen LogP contribution in [0.3, 0.4) is 0 Å². The van der Waals surface area contributed by atoms with E-state index in [0.29, 0.717) is 18.7 Å². The molecule has 70 valence electrons. The van der Waals surface area contributed by atoms with Crippen LogP contribution in [0.2, 0.25) is 5.28 Å². The summed E-state index contributed by atoms with van der Waals surface area (Å²) in [4.78, 5) is 7.52. The summed E-state index contributed by atoms with van der Waals surface area (Å²) in [6.07, 6.45) is 1.78. The molecule has 2 rings (SSSR count). The number of hydrogen-bond donors (Lipinski definition) is 0. The van der Waals surface area contributed by atoms with Crippen LogP contribution in [0.25, 0.3) is 0 Å². The summed E-state index contributed by atoms with van der Waals surface area (Å²) < 4.78 is 18.9. The van der Waals surface area contributed by atoms with Gasteiger partial charge in [0.25, 0.3) is 0 Å². The number of aromatic nitrogens is 2. The number of ether oxygens (including phenoxy) is 1. The van der Waals surface area contributed by atoms with Crippen LogP contribution in [0.15, 0.2) is 12.3 Å². The third-order valence-corrected chi connectivity index (χ3v) is 2.24. The van der Waals surface area contributed by atoms with Crippen molar-refractivity contribution in [2.45, 2.75) is 12.1 Å². The van der Waals surface area contributed by atoms with Crippen LogP contribution in [0.5, 0.6) is 0 Å². The van der Waals surface area contributed by atoms with Gasteiger partial charge < -0.3 is 4.74 Å². The fourth-order valence-corrected chi connectivity index (χ4v) is 1.47. The highest BCUT2D eigenvalue weighted by Gasteiger charge is 2.38. The van der Waals surface area contributed by atoms with Crippen LogP contribution in [-0.4, -0.2) is 23.2 Å². The topological polar surface area (TPSA) is 35.0 Å². The van der Waals surface area contributed by atoms with Crippen molar-refractivity contribution in [2.75, 3.05) is 13.2 Å². The summed E-state index contributed by atoms with van der Waals surface area (Å²) >= 11 is 5.56. The molecule has 0 bridgehead atoms. The predicted octanol–water partition coefficient (Wildman–Crippen LogP) is 1.72. The SMILES string of the molecule is FC1(c2ccnc(Cl)n2)CCOC1. The molecule has 1 atom stereocenters. The van der Waals surface area contributed by atoms with Gasteiger partial charge in [0.15, 0.2) is 5.67 Å². The standard InChI is InChI=1S/C8H8ClFN2O/c9-7-11-3-1-6(12-7)8(10)2-4-13-5-8/h1,3H,2,4-5H2. The van der Waals surface area contributed by atoms with Crippen molar-refractivity contribution in [1.29, 1.82) is 0 Å². The van der Waals surface area contributed by atoms with Gasteiger partial charge in [0.1, 0.15) is 0 Å². The van der Waals surface area contributed by atoms with E-state index in [0.717, 1.165) is 0 Å². The molecule has 1 aliphatic rings. The molecule has 0 spiro atoms. The van der Waals surface area contributed by atoms with Gasteiger partial charge in [-0.05, 0) is 17.7 Å². The molecule has 13 heavy (non-hydrogen) atoms. The van der Waals surface area contributed by atoms with Crippen LogP contribution < -0.4 is 0 Å². The molecule has 0 aliphatic carbocycles. The van der Waals surface area contributed by atoms with Gasteiger partial charge in [-0.25, -0.2) is 14.4 Å². The average Bonchev–Trinajstić information content (AvgIpc) is 2.54. The molecule has 1 unspecified atom stereocenters. The lowest BCUT2D eigenvalue weighted by Gasteiger charge is -2.15. The number of alkyl halides is 1. The molecule has 0 amide bonds. The van der Waals surface area contributed by atoms with Gasteiger partial charge in [0, 0.05) is 12.6 Å². The lowest BCUT2D eigenvalue weighted by atomic mass is 10.0. The first-order valence-corrected chi connectivity index (χ1v) is 4.34. The second-order valence-corrected chi connectivity index (χ2v) is 3.32. The van der Waals surface area contributed by atoms with Crippen molar-refractivity contribution < 1.29 is 9.13 Å². The molecule has 0 aromatic carbocycles. The molecule has 0 radical (unpaired) electrons. The second kappa shape index (κ2) is 3.20. The van der Waals surface area contributed by atoms with Crippen molar-refractivity contribution in [3.05, 3.63) is 23.2 Å². The molecule has 1 saturated heterocycles. The summed E-state index contributed by atoms with van der Waals surface area (Å²) in [6, 6.07) is 1.53. The smallest absolute Gasteiger partial charge is 0.222 e. The summed E-state index contributed by atoms with van der Waals surface area (Å²) in [6.45, 7) is 0.485. The van der Waals surface area contributed by atoms with E-state index in [-0.39, 0.29) is 11.9 Å². The van der Waals surface area contributed by atoms with Crippen molar-refractivity contribution in [3.8, 4) is 0 Å². The van der Waals surface area contributed by atoms with E-state index in [4.69, 9.17) is 16.3 Å². The highest BCUT2D eigenvalue weighted by atomic mass is 35.5. The molecule has 1 aromatic rings. The van der Waals surface area contributed by atoms with E-state index in [1.807, 2.05) is 0 Å². The van der Waals surface area contributed by atoms with E-state index in [1.165, 1.54) is 12.3 Å². The van der Waals surface area contributed by atoms with Gasteiger partial charge in [-0.15, -0.1) is 0 Å². The van der Waals surface area contributed by atoms with Crippen molar-refractivity contribution in [1.82, 2.24) is 9.97 Å². The number of hydrogen-bond acceptors (Lipinski definition) is 3. The Morgan fingerprint density at radius 1 is 1.62 bits per heavy atom. The quantitative estimate of drug-likeness (QED) is 0.651. The van der Waals surface area contributed by atoms with Crippen LogP contribution in [-0.2, 0) is 10.4 Å². The van der Waals surface area contributed by atoms with E-state index >= 15 is 0 Å². The van der Waals surface area contributed by atoms with Crippen LogP contribution in [0.4, 0.5) is 4.39 Å². The summed E-state index contributed by atoms with van der Waals surface area (Å²) in [7, 11) is 0. The van der Waals surface area contributed by atoms with Gasteiger partial charge in [-0.2, -0.15) is 0 Å². The fraction of sp³-hybridized carbons (Fsp3) is 0.500. The third-order valence-electron chi connectivity index (χ3n) is 2.06. The predicted molar refractivity (Wildman–Crippen MR) is 45.3 cm³/mol. The Kier molecular flexibility index (Phi) is 2.17. The fourth-order valence-electron chi connectivity index (χ4n) is 1.33. The van der Waals surface area contributed by atoms with Gasteiger partial charge in [0.2, 0.25) is 5.28 Å². The molecule has 1 aliphatic heterocycles. The maximum atomic E-state index is 14.0. The normalized spacial score (nSPS) is 27.8. The molecule has 0 saturated carbocycles. The molecule has 2 heterocycles. The maximum absolute atomic E-state index is 14.0. The first-order chi connectivity index (χ1) is 6.21. The van der Waals surface area contributed by atoms with Crippen molar-refractivity contribution in [2.24, 2.45) is 0 Å². The molecule has 3 nitrogen and oxygen atoms in total. The molecule has 1 aromatic heterocycles.